The fraction of sp³-hybridized carbons (Fsp3) is 0.188. The van der Waals surface area contributed by atoms with Crippen LogP contribution in [0.4, 0.5) is 0 Å². The SMILES string of the molecule is [C-]#[N+]CCCP(c1ccccc1)c1ccccc1. The Hall–Kier alpha value is -1.64. The normalized spacial score (nSPS) is 10.2. The van der Waals surface area contributed by atoms with Crippen molar-refractivity contribution >= 4 is 18.5 Å². The lowest BCUT2D eigenvalue weighted by molar-refractivity contribution is 1.04. The van der Waals surface area contributed by atoms with Gasteiger partial charge >= 0.3 is 0 Å². The number of hydrogen-bond acceptors (Lipinski definition) is 0. The van der Waals surface area contributed by atoms with Crippen LogP contribution in [-0.4, -0.2) is 12.7 Å². The van der Waals surface area contributed by atoms with Crippen LogP contribution in [-0.2, 0) is 0 Å². The molecule has 0 saturated carbocycles. The summed E-state index contributed by atoms with van der Waals surface area (Å²) in [7, 11) is -0.306. The second-order valence-electron chi connectivity index (χ2n) is 4.06. The molecule has 2 heteroatoms. The third-order valence-corrected chi connectivity index (χ3v) is 5.39. The number of benzene rings is 2. The van der Waals surface area contributed by atoms with Crippen LogP contribution in [0.15, 0.2) is 60.7 Å². The van der Waals surface area contributed by atoms with Crippen LogP contribution in [0.5, 0.6) is 0 Å². The first-order valence-corrected chi connectivity index (χ1v) is 7.65. The molecule has 0 aliphatic rings. The van der Waals surface area contributed by atoms with Gasteiger partial charge in [-0.1, -0.05) is 60.7 Å². The molecule has 2 aromatic rings. The molecule has 2 aromatic carbocycles. The molecule has 90 valence electrons. The molecule has 0 N–H and O–H groups in total. The first-order chi connectivity index (χ1) is 8.92. The number of nitrogens with zero attached hydrogens (tertiary/aromatic N) is 1. The van der Waals surface area contributed by atoms with E-state index < -0.39 is 0 Å². The van der Waals surface area contributed by atoms with E-state index in [0.717, 1.165) is 12.6 Å². The summed E-state index contributed by atoms with van der Waals surface area (Å²) in [4.78, 5) is 3.46. The predicted molar refractivity (Wildman–Crippen MR) is 80.0 cm³/mol. The first kappa shape index (κ1) is 12.8. The van der Waals surface area contributed by atoms with Gasteiger partial charge in [0.25, 0.3) is 0 Å². The summed E-state index contributed by atoms with van der Waals surface area (Å²) in [5.74, 6) is 0. The van der Waals surface area contributed by atoms with Crippen LogP contribution in [0.2, 0.25) is 0 Å². The van der Waals surface area contributed by atoms with E-state index in [9.17, 15) is 0 Å². The van der Waals surface area contributed by atoms with Gasteiger partial charge in [0.2, 0.25) is 6.54 Å². The van der Waals surface area contributed by atoms with Gasteiger partial charge in [0.15, 0.2) is 0 Å². The Bertz CT molecular complexity index is 462. The molecule has 0 saturated heterocycles. The van der Waals surface area contributed by atoms with E-state index in [2.05, 4.69) is 65.5 Å². The highest BCUT2D eigenvalue weighted by Gasteiger charge is 2.12. The van der Waals surface area contributed by atoms with Crippen LogP contribution in [0.3, 0.4) is 0 Å². The zero-order valence-corrected chi connectivity index (χ0v) is 11.2. The summed E-state index contributed by atoms with van der Waals surface area (Å²) in [6, 6.07) is 21.3. The minimum absolute atomic E-state index is 0.306. The van der Waals surface area contributed by atoms with Crippen LogP contribution >= 0.6 is 7.92 Å². The predicted octanol–water partition coefficient (Wildman–Crippen LogP) is 3.43. The van der Waals surface area contributed by atoms with Crippen molar-refractivity contribution in [1.82, 2.24) is 0 Å². The quantitative estimate of drug-likeness (QED) is 0.437. The van der Waals surface area contributed by atoms with Crippen molar-refractivity contribution in [3.05, 3.63) is 72.1 Å². The Kier molecular flexibility index (Phi) is 4.94. The fourth-order valence-electron chi connectivity index (χ4n) is 1.93. The summed E-state index contributed by atoms with van der Waals surface area (Å²) in [6.07, 6.45) is 2.09. The Morgan fingerprint density at radius 1 is 0.833 bits per heavy atom. The Morgan fingerprint density at radius 2 is 1.33 bits per heavy atom. The van der Waals surface area contributed by atoms with Crippen LogP contribution in [0.25, 0.3) is 4.85 Å². The standard InChI is InChI=1S/C16H16NP/c1-17-13-8-14-18(15-9-4-2-5-10-15)16-11-6-3-7-12-16/h2-7,9-12H,8,13-14H2. The molecule has 0 bridgehead atoms. The van der Waals surface area contributed by atoms with Gasteiger partial charge in [-0.25, -0.2) is 6.57 Å². The van der Waals surface area contributed by atoms with Crippen LogP contribution in [0.1, 0.15) is 6.42 Å². The highest BCUT2D eigenvalue weighted by Crippen LogP contribution is 2.33. The van der Waals surface area contributed by atoms with Crippen molar-refractivity contribution in [2.45, 2.75) is 6.42 Å². The third-order valence-electron chi connectivity index (χ3n) is 2.79. The van der Waals surface area contributed by atoms with E-state index in [1.165, 1.54) is 10.6 Å². The van der Waals surface area contributed by atoms with Gasteiger partial charge < -0.3 is 4.85 Å². The average molecular weight is 253 g/mol. The van der Waals surface area contributed by atoms with Gasteiger partial charge in [0.05, 0.1) is 0 Å². The molecule has 0 spiro atoms. The third kappa shape index (κ3) is 3.42. The smallest absolute Gasteiger partial charge is 0.215 e. The van der Waals surface area contributed by atoms with Crippen molar-refractivity contribution in [1.29, 1.82) is 0 Å². The summed E-state index contributed by atoms with van der Waals surface area (Å²) in [6.45, 7) is 7.53. The zero-order valence-electron chi connectivity index (χ0n) is 10.3. The maximum atomic E-state index is 6.89. The highest BCUT2D eigenvalue weighted by molar-refractivity contribution is 7.73. The van der Waals surface area contributed by atoms with E-state index >= 15 is 0 Å². The molecule has 1 nitrogen and oxygen atoms in total. The Labute approximate surface area is 110 Å². The molecule has 0 atom stereocenters. The van der Waals surface area contributed by atoms with E-state index in [-0.39, 0.29) is 7.92 Å². The van der Waals surface area contributed by atoms with E-state index in [1.54, 1.807) is 0 Å². The van der Waals surface area contributed by atoms with E-state index in [0.29, 0.717) is 6.54 Å². The largest absolute Gasteiger partial charge is 0.317 e. The minimum atomic E-state index is -0.306. The summed E-state index contributed by atoms with van der Waals surface area (Å²) in [5, 5.41) is 2.81. The Morgan fingerprint density at radius 3 is 1.78 bits per heavy atom. The monoisotopic (exact) mass is 253 g/mol. The van der Waals surface area contributed by atoms with Crippen LogP contribution < -0.4 is 10.6 Å². The van der Waals surface area contributed by atoms with Crippen molar-refractivity contribution in [2.24, 2.45) is 0 Å². The molecule has 0 radical (unpaired) electrons. The molecule has 18 heavy (non-hydrogen) atoms. The van der Waals surface area contributed by atoms with Gasteiger partial charge in [0, 0.05) is 6.42 Å². The maximum Gasteiger partial charge on any atom is 0.215 e. The zero-order chi connectivity index (χ0) is 12.6. The van der Waals surface area contributed by atoms with E-state index in [4.69, 9.17) is 6.57 Å². The molecule has 2 rings (SSSR count). The molecule has 0 aromatic heterocycles. The molecular weight excluding hydrogens is 237 g/mol. The lowest BCUT2D eigenvalue weighted by atomic mass is 10.4. The molecule has 0 unspecified atom stereocenters. The summed E-state index contributed by atoms with van der Waals surface area (Å²) < 4.78 is 0. The number of rotatable bonds is 5. The van der Waals surface area contributed by atoms with Gasteiger partial charge in [-0.3, -0.25) is 0 Å². The first-order valence-electron chi connectivity index (χ1n) is 6.12. The van der Waals surface area contributed by atoms with Gasteiger partial charge in [-0.15, -0.1) is 0 Å². The molecule has 0 heterocycles. The molecule has 0 fully saturated rings. The van der Waals surface area contributed by atoms with Crippen molar-refractivity contribution in [2.75, 3.05) is 12.7 Å². The average Bonchev–Trinajstić information content (AvgIpc) is 2.46. The second kappa shape index (κ2) is 6.94. The second-order valence-corrected chi connectivity index (χ2v) is 6.39. The van der Waals surface area contributed by atoms with Crippen molar-refractivity contribution < 1.29 is 0 Å². The van der Waals surface area contributed by atoms with Gasteiger partial charge in [-0.05, 0) is 24.7 Å². The Balaban J connectivity index is 2.21. The summed E-state index contributed by atoms with van der Waals surface area (Å²) >= 11 is 0. The number of hydrogen-bond donors (Lipinski definition) is 0. The fourth-order valence-corrected chi connectivity index (χ4v) is 4.27. The molecule has 0 aliphatic heterocycles. The molecular formula is C16H16NP. The highest BCUT2D eigenvalue weighted by atomic mass is 31.1. The van der Waals surface area contributed by atoms with Gasteiger partial charge in [-0.2, -0.15) is 0 Å². The minimum Gasteiger partial charge on any atom is -0.317 e. The van der Waals surface area contributed by atoms with Crippen LogP contribution in [0, 0.1) is 6.57 Å². The van der Waals surface area contributed by atoms with Crippen molar-refractivity contribution in [3.63, 3.8) is 0 Å². The topological polar surface area (TPSA) is 4.36 Å². The van der Waals surface area contributed by atoms with Crippen molar-refractivity contribution in [3.8, 4) is 0 Å². The lowest BCUT2D eigenvalue weighted by Crippen LogP contribution is -2.14. The molecule has 0 aliphatic carbocycles. The van der Waals surface area contributed by atoms with Gasteiger partial charge in [0.1, 0.15) is 0 Å². The molecule has 0 amide bonds. The van der Waals surface area contributed by atoms with E-state index in [1.807, 2.05) is 0 Å². The summed E-state index contributed by atoms with van der Waals surface area (Å²) in [5.41, 5.74) is 0. The maximum absolute atomic E-state index is 6.89. The lowest BCUT2D eigenvalue weighted by Gasteiger charge is -2.17.